The van der Waals surface area contributed by atoms with Crippen molar-refractivity contribution in [3.8, 4) is 17.2 Å². The lowest BCUT2D eigenvalue weighted by atomic mass is 9.98. The molecule has 9 nitrogen and oxygen atoms in total. The molecule has 1 saturated carbocycles. The molecule has 3 aromatic rings. The van der Waals surface area contributed by atoms with E-state index >= 15 is 0 Å². The summed E-state index contributed by atoms with van der Waals surface area (Å²) in [5, 5.41) is 3.98. The summed E-state index contributed by atoms with van der Waals surface area (Å²) in [7, 11) is 1.68. The van der Waals surface area contributed by atoms with Gasteiger partial charge in [0.05, 0.1) is 35.1 Å². The van der Waals surface area contributed by atoms with Crippen molar-refractivity contribution in [3.63, 3.8) is 0 Å². The molecule has 0 radical (unpaired) electrons. The number of carbonyl (C=O) groups excluding carboxylic acids is 2. The maximum absolute atomic E-state index is 13.2. The molecular formula is C37H46Cl2N2O7. The van der Waals surface area contributed by atoms with Crippen molar-refractivity contribution in [1.82, 2.24) is 5.32 Å². The number of methoxy groups -OCH3 is 1. The number of aryl methyl sites for hydroxylation is 2. The van der Waals surface area contributed by atoms with Gasteiger partial charge in [-0.05, 0) is 98.2 Å². The largest absolute Gasteiger partial charge is 0.493 e. The fourth-order valence-corrected chi connectivity index (χ4v) is 6.11. The average Bonchev–Trinajstić information content (AvgIpc) is 3.85. The molecule has 4 rings (SSSR count). The molecule has 0 aromatic heterocycles. The number of hydrogen-bond acceptors (Lipinski definition) is 8. The van der Waals surface area contributed by atoms with E-state index < -0.39 is 5.92 Å². The molecular weight excluding hydrogens is 655 g/mol. The van der Waals surface area contributed by atoms with Crippen LogP contribution in [0.1, 0.15) is 42.0 Å². The predicted octanol–water partition coefficient (Wildman–Crippen LogP) is 6.35. The van der Waals surface area contributed by atoms with E-state index in [1.807, 2.05) is 50.2 Å². The molecule has 3 atom stereocenters. The predicted molar refractivity (Wildman–Crippen MR) is 187 cm³/mol. The standard InChI is InChI=1S/C37H46Cl2N2O7/c1-4-45-37(43)32-20-29(32)23-48-31-18-26(6-5-11-44-3)16-27(19-31)22-41-36(42)28(21-40)17-25-7-9-30(10-8-25)46-12-13-47-35-33(38)14-24(2)15-34(35)39/h7-10,14-16,18-19,28-29,32H,4-6,11-13,17,20-23,40H2,1-3H3,(H,41,42)/t28?,29?,32-/m0/s1. The molecule has 0 spiro atoms. The number of rotatable bonds is 20. The minimum absolute atomic E-state index is 0.0883. The molecule has 0 aliphatic heterocycles. The summed E-state index contributed by atoms with van der Waals surface area (Å²) in [6, 6.07) is 17.2. The van der Waals surface area contributed by atoms with Crippen molar-refractivity contribution in [1.29, 1.82) is 0 Å². The van der Waals surface area contributed by atoms with Crippen LogP contribution >= 0.6 is 23.2 Å². The highest BCUT2D eigenvalue weighted by Gasteiger charge is 2.44. The number of esters is 1. The van der Waals surface area contributed by atoms with Gasteiger partial charge in [0, 0.05) is 32.7 Å². The Balaban J connectivity index is 1.26. The van der Waals surface area contributed by atoms with E-state index in [-0.39, 0.29) is 36.9 Å². The van der Waals surface area contributed by atoms with Crippen LogP contribution in [0.25, 0.3) is 0 Å². The monoisotopic (exact) mass is 700 g/mol. The summed E-state index contributed by atoms with van der Waals surface area (Å²) in [5.41, 5.74) is 9.99. The van der Waals surface area contributed by atoms with Crippen LogP contribution in [0.5, 0.6) is 17.2 Å². The topological polar surface area (TPSA) is 118 Å². The molecule has 0 bridgehead atoms. The summed E-state index contributed by atoms with van der Waals surface area (Å²) >= 11 is 12.5. The number of ether oxygens (including phenoxy) is 5. The van der Waals surface area contributed by atoms with Crippen LogP contribution in [-0.4, -0.2) is 58.6 Å². The van der Waals surface area contributed by atoms with E-state index in [4.69, 9.17) is 52.6 Å². The molecule has 1 fully saturated rings. The van der Waals surface area contributed by atoms with E-state index in [0.29, 0.717) is 60.9 Å². The second-order valence-electron chi connectivity index (χ2n) is 12.0. The Bertz CT molecular complexity index is 1480. The highest BCUT2D eigenvalue weighted by Crippen LogP contribution is 2.40. The van der Waals surface area contributed by atoms with Gasteiger partial charge in [-0.3, -0.25) is 9.59 Å². The molecule has 260 valence electrons. The minimum Gasteiger partial charge on any atom is -0.493 e. The van der Waals surface area contributed by atoms with Crippen LogP contribution in [0.4, 0.5) is 0 Å². The number of nitrogens with one attached hydrogen (secondary N) is 1. The van der Waals surface area contributed by atoms with Gasteiger partial charge in [0.1, 0.15) is 24.7 Å². The quantitative estimate of drug-likeness (QED) is 0.103. The summed E-state index contributed by atoms with van der Waals surface area (Å²) in [5.74, 6) is 1.24. The number of benzene rings is 3. The first kappa shape index (κ1) is 37.3. The molecule has 1 aliphatic carbocycles. The van der Waals surface area contributed by atoms with Gasteiger partial charge in [-0.2, -0.15) is 0 Å². The fraction of sp³-hybridized carbons (Fsp3) is 0.459. The number of amides is 1. The highest BCUT2D eigenvalue weighted by atomic mass is 35.5. The van der Waals surface area contributed by atoms with Crippen LogP contribution in [0, 0.1) is 24.7 Å². The molecule has 11 heteroatoms. The third-order valence-corrected chi connectivity index (χ3v) is 8.65. The van der Waals surface area contributed by atoms with Gasteiger partial charge in [0.25, 0.3) is 0 Å². The average molecular weight is 702 g/mol. The maximum atomic E-state index is 13.2. The fourth-order valence-electron chi connectivity index (χ4n) is 5.40. The number of hydrogen-bond donors (Lipinski definition) is 2. The van der Waals surface area contributed by atoms with E-state index in [1.54, 1.807) is 19.2 Å². The van der Waals surface area contributed by atoms with E-state index in [0.717, 1.165) is 47.3 Å². The van der Waals surface area contributed by atoms with Crippen LogP contribution in [0.2, 0.25) is 10.0 Å². The first-order chi connectivity index (χ1) is 23.2. The molecule has 0 heterocycles. The summed E-state index contributed by atoms with van der Waals surface area (Å²) in [4.78, 5) is 25.2. The second-order valence-corrected chi connectivity index (χ2v) is 12.8. The normalized spacial score (nSPS) is 15.8. The summed E-state index contributed by atoms with van der Waals surface area (Å²) in [6.45, 7) is 6.34. The zero-order valence-corrected chi connectivity index (χ0v) is 29.4. The van der Waals surface area contributed by atoms with Crippen molar-refractivity contribution in [2.45, 2.75) is 46.1 Å². The van der Waals surface area contributed by atoms with Crippen LogP contribution in [-0.2, 0) is 38.4 Å². The summed E-state index contributed by atoms with van der Waals surface area (Å²) < 4.78 is 28.0. The lowest BCUT2D eigenvalue weighted by Gasteiger charge is -2.17. The van der Waals surface area contributed by atoms with Crippen LogP contribution < -0.4 is 25.3 Å². The van der Waals surface area contributed by atoms with Gasteiger partial charge in [0.15, 0.2) is 5.75 Å². The van der Waals surface area contributed by atoms with Gasteiger partial charge in [-0.25, -0.2) is 0 Å². The Morgan fingerprint density at radius 1 is 0.917 bits per heavy atom. The molecule has 1 aliphatic rings. The Labute approximate surface area is 293 Å². The zero-order valence-electron chi connectivity index (χ0n) is 27.9. The van der Waals surface area contributed by atoms with E-state index in [9.17, 15) is 9.59 Å². The molecule has 48 heavy (non-hydrogen) atoms. The molecule has 0 saturated heterocycles. The highest BCUT2D eigenvalue weighted by molar-refractivity contribution is 6.37. The van der Waals surface area contributed by atoms with Gasteiger partial charge in [-0.1, -0.05) is 41.4 Å². The van der Waals surface area contributed by atoms with Crippen molar-refractivity contribution < 1.29 is 33.3 Å². The van der Waals surface area contributed by atoms with Gasteiger partial charge in [-0.15, -0.1) is 0 Å². The van der Waals surface area contributed by atoms with Crippen LogP contribution in [0.15, 0.2) is 54.6 Å². The number of carbonyl (C=O) groups is 2. The molecule has 3 aromatic carbocycles. The zero-order chi connectivity index (χ0) is 34.5. The Hall–Kier alpha value is -3.50. The number of nitrogens with two attached hydrogens (primary N) is 1. The third kappa shape index (κ3) is 11.6. The minimum atomic E-state index is -0.399. The molecule has 2 unspecified atom stereocenters. The maximum Gasteiger partial charge on any atom is 0.309 e. The summed E-state index contributed by atoms with van der Waals surface area (Å²) in [6.07, 6.45) is 2.95. The van der Waals surface area contributed by atoms with Gasteiger partial charge < -0.3 is 34.7 Å². The Morgan fingerprint density at radius 3 is 2.31 bits per heavy atom. The van der Waals surface area contributed by atoms with Gasteiger partial charge >= 0.3 is 5.97 Å². The van der Waals surface area contributed by atoms with Crippen molar-refractivity contribution >= 4 is 35.1 Å². The van der Waals surface area contributed by atoms with E-state index in [2.05, 4.69) is 11.4 Å². The van der Waals surface area contributed by atoms with Crippen molar-refractivity contribution in [2.75, 3.05) is 46.7 Å². The molecule has 3 N–H and O–H groups in total. The first-order valence-corrected chi connectivity index (χ1v) is 17.1. The Morgan fingerprint density at radius 2 is 1.62 bits per heavy atom. The van der Waals surface area contributed by atoms with Crippen LogP contribution in [0.3, 0.4) is 0 Å². The number of halogens is 2. The van der Waals surface area contributed by atoms with Crippen molar-refractivity contribution in [2.24, 2.45) is 23.5 Å². The second kappa shape index (κ2) is 18.9. The lowest BCUT2D eigenvalue weighted by molar-refractivity contribution is -0.145. The Kier molecular flexibility index (Phi) is 14.7. The first-order valence-electron chi connectivity index (χ1n) is 16.4. The lowest BCUT2D eigenvalue weighted by Crippen LogP contribution is -2.36. The smallest absolute Gasteiger partial charge is 0.309 e. The van der Waals surface area contributed by atoms with Gasteiger partial charge in [0.2, 0.25) is 5.91 Å². The molecule has 1 amide bonds. The van der Waals surface area contributed by atoms with E-state index in [1.165, 1.54) is 0 Å². The SMILES string of the molecule is CCOC(=O)[C@H]1CC1COc1cc(CCCOC)cc(CNC(=O)C(CN)Cc2ccc(OCCOc3c(Cl)cc(C)cc3Cl)cc2)c1. The van der Waals surface area contributed by atoms with Crippen molar-refractivity contribution in [3.05, 3.63) is 86.9 Å². The third-order valence-electron chi connectivity index (χ3n) is 8.08.